The van der Waals surface area contributed by atoms with Crippen LogP contribution in [0.2, 0.25) is 16.6 Å². The molecule has 2 nitrogen and oxygen atoms in total. The van der Waals surface area contributed by atoms with E-state index >= 15 is 0 Å². The second kappa shape index (κ2) is 6.07. The smallest absolute Gasteiger partial charge is 0.200 e. The van der Waals surface area contributed by atoms with Gasteiger partial charge in [-0.2, -0.15) is 0 Å². The van der Waals surface area contributed by atoms with Crippen LogP contribution in [0.3, 0.4) is 0 Å². The summed E-state index contributed by atoms with van der Waals surface area (Å²) in [6.07, 6.45) is 7.91. The van der Waals surface area contributed by atoms with E-state index < -0.39 is 8.32 Å². The van der Waals surface area contributed by atoms with Gasteiger partial charge in [-0.15, -0.1) is 0 Å². The Morgan fingerprint density at radius 2 is 1.48 bits per heavy atom. The normalized spacial score (nSPS) is 39.7. The maximum atomic E-state index is 10.3. The second-order valence-electron chi connectivity index (χ2n) is 12.1. The number of hydrogen-bond acceptors (Lipinski definition) is 2. The lowest BCUT2D eigenvalue weighted by atomic mass is 9.47. The molecule has 146 valence electrons. The lowest BCUT2D eigenvalue weighted by molar-refractivity contribution is -0.162. The van der Waals surface area contributed by atoms with Crippen LogP contribution < -0.4 is 0 Å². The Bertz CT molecular complexity index is 466. The first-order chi connectivity index (χ1) is 11.3. The molecule has 0 radical (unpaired) electrons. The van der Waals surface area contributed by atoms with Gasteiger partial charge in [0.1, 0.15) is 0 Å². The van der Waals surface area contributed by atoms with Crippen molar-refractivity contribution in [2.75, 3.05) is 0 Å². The van der Waals surface area contributed by atoms with E-state index in [1.165, 1.54) is 32.1 Å². The summed E-state index contributed by atoms with van der Waals surface area (Å²) >= 11 is 0. The summed E-state index contributed by atoms with van der Waals surface area (Å²) in [5, 5.41) is 10.7. The van der Waals surface area contributed by atoms with E-state index in [2.05, 4.69) is 48.1 Å². The highest BCUT2D eigenvalue weighted by Gasteiger charge is 2.61. The molecular weight excluding hydrogens is 324 g/mol. The van der Waals surface area contributed by atoms with E-state index in [0.29, 0.717) is 6.10 Å². The molecule has 0 aliphatic heterocycles. The Morgan fingerprint density at radius 3 is 1.88 bits per heavy atom. The third-order valence-corrected chi connectivity index (χ3v) is 14.7. The predicted octanol–water partition coefficient (Wildman–Crippen LogP) is 6.14. The van der Waals surface area contributed by atoms with Crippen LogP contribution in [0.5, 0.6) is 0 Å². The number of hydrogen-bond donors (Lipinski definition) is 1. The molecule has 0 saturated heterocycles. The van der Waals surface area contributed by atoms with Crippen LogP contribution in [0.25, 0.3) is 0 Å². The third kappa shape index (κ3) is 3.27. The Labute approximate surface area is 157 Å². The Balaban J connectivity index is 1.96. The van der Waals surface area contributed by atoms with Gasteiger partial charge in [0.25, 0.3) is 0 Å². The predicted molar refractivity (Wildman–Crippen MR) is 108 cm³/mol. The van der Waals surface area contributed by atoms with Crippen molar-refractivity contribution in [1.29, 1.82) is 0 Å². The van der Waals surface area contributed by atoms with Gasteiger partial charge in [0.15, 0.2) is 0 Å². The fourth-order valence-electron chi connectivity index (χ4n) is 6.99. The Morgan fingerprint density at radius 1 is 1.00 bits per heavy atom. The van der Waals surface area contributed by atoms with Crippen LogP contribution in [0.1, 0.15) is 87.0 Å². The quantitative estimate of drug-likeness (QED) is 0.605. The van der Waals surface area contributed by atoms with Gasteiger partial charge in [-0.3, -0.25) is 0 Å². The largest absolute Gasteiger partial charge is 0.412 e. The molecule has 4 bridgehead atoms. The molecule has 25 heavy (non-hydrogen) atoms. The van der Waals surface area contributed by atoms with Crippen molar-refractivity contribution < 1.29 is 9.53 Å². The van der Waals surface area contributed by atoms with Gasteiger partial charge in [-0.1, -0.05) is 41.5 Å². The van der Waals surface area contributed by atoms with Gasteiger partial charge >= 0.3 is 0 Å². The van der Waals surface area contributed by atoms with E-state index in [9.17, 15) is 5.11 Å². The van der Waals surface area contributed by atoms with Gasteiger partial charge in [-0.25, -0.2) is 0 Å². The second-order valence-corrected chi connectivity index (χ2v) is 17.4. The summed E-state index contributed by atoms with van der Waals surface area (Å²) in [6, 6.07) is 0. The van der Waals surface area contributed by atoms with E-state index in [-0.39, 0.29) is 21.6 Å². The molecule has 4 rings (SSSR count). The SMILES string of the molecule is CC(O)CC12CC3CC(CC(C3)C1O[Si](C)(C(C)(C)C)C(C)(C)C)C2. The summed E-state index contributed by atoms with van der Waals surface area (Å²) in [4.78, 5) is 0. The van der Waals surface area contributed by atoms with Gasteiger partial charge < -0.3 is 9.53 Å². The molecule has 4 atom stereocenters. The minimum Gasteiger partial charge on any atom is -0.412 e. The van der Waals surface area contributed by atoms with Crippen LogP contribution in [-0.4, -0.2) is 25.6 Å². The third-order valence-electron chi connectivity index (χ3n) is 8.29. The molecule has 3 heteroatoms. The Hall–Kier alpha value is 0.137. The molecule has 1 N–H and O–H groups in total. The van der Waals surface area contributed by atoms with Crippen LogP contribution >= 0.6 is 0 Å². The van der Waals surface area contributed by atoms with Crippen LogP contribution in [0.15, 0.2) is 0 Å². The van der Waals surface area contributed by atoms with Crippen molar-refractivity contribution in [3.05, 3.63) is 0 Å². The first-order valence-electron chi connectivity index (χ1n) is 10.6. The van der Waals surface area contributed by atoms with Gasteiger partial charge in [0.05, 0.1) is 12.2 Å². The summed E-state index contributed by atoms with van der Waals surface area (Å²) in [5.74, 6) is 2.53. The topological polar surface area (TPSA) is 29.5 Å². The van der Waals surface area contributed by atoms with E-state index in [1.54, 1.807) is 0 Å². The summed E-state index contributed by atoms with van der Waals surface area (Å²) in [5.41, 5.74) is 0.244. The zero-order chi connectivity index (χ0) is 18.8. The van der Waals surface area contributed by atoms with Gasteiger partial charge in [-0.05, 0) is 85.2 Å². The minimum absolute atomic E-state index is 0.209. The maximum Gasteiger partial charge on any atom is 0.200 e. The minimum atomic E-state index is -1.99. The Kier molecular flexibility index (Phi) is 4.83. The van der Waals surface area contributed by atoms with Crippen LogP contribution in [0, 0.1) is 23.2 Å². The average molecular weight is 367 g/mol. The van der Waals surface area contributed by atoms with Crippen molar-refractivity contribution in [2.24, 2.45) is 23.2 Å². The van der Waals surface area contributed by atoms with Crippen LogP contribution in [0.4, 0.5) is 0 Å². The van der Waals surface area contributed by atoms with Crippen molar-refractivity contribution in [3.8, 4) is 0 Å². The number of aliphatic hydroxyl groups is 1. The molecule has 0 amide bonds. The van der Waals surface area contributed by atoms with Gasteiger partial charge in [0.2, 0.25) is 8.32 Å². The number of aliphatic hydroxyl groups excluding tert-OH is 1. The van der Waals surface area contributed by atoms with Crippen molar-refractivity contribution in [1.82, 2.24) is 0 Å². The highest BCUT2D eigenvalue weighted by Crippen LogP contribution is 2.64. The molecule has 4 fully saturated rings. The van der Waals surface area contributed by atoms with E-state index in [0.717, 1.165) is 24.2 Å². The molecule has 4 aliphatic carbocycles. The maximum absolute atomic E-state index is 10.3. The standard InChI is InChI=1S/C22H42O2Si/c1-15(23)12-22-13-16-9-17(14-22)11-18(10-16)19(22)24-25(8,20(2,3)4)21(5,6)7/h15-19,23H,9-14H2,1-8H3. The lowest BCUT2D eigenvalue weighted by Gasteiger charge is -2.64. The lowest BCUT2D eigenvalue weighted by Crippen LogP contribution is -2.63. The zero-order valence-electron chi connectivity index (χ0n) is 18.0. The van der Waals surface area contributed by atoms with Crippen molar-refractivity contribution in [2.45, 2.75) is 116 Å². The highest BCUT2D eigenvalue weighted by molar-refractivity contribution is 6.78. The molecule has 0 aromatic carbocycles. The molecule has 4 saturated carbocycles. The molecule has 4 unspecified atom stereocenters. The molecule has 0 heterocycles. The molecule has 0 spiro atoms. The highest BCUT2D eigenvalue weighted by atomic mass is 28.4. The average Bonchev–Trinajstić information content (AvgIpc) is 2.38. The summed E-state index contributed by atoms with van der Waals surface area (Å²) in [7, 11) is -1.99. The molecule has 0 aromatic heterocycles. The van der Waals surface area contributed by atoms with Crippen molar-refractivity contribution in [3.63, 3.8) is 0 Å². The molecule has 4 aliphatic rings. The summed E-state index contributed by atoms with van der Waals surface area (Å²) < 4.78 is 7.38. The van der Waals surface area contributed by atoms with Crippen LogP contribution in [-0.2, 0) is 4.43 Å². The fourth-order valence-corrected chi connectivity index (χ4v) is 10.9. The first kappa shape index (κ1) is 19.9. The first-order valence-corrected chi connectivity index (χ1v) is 13.0. The van der Waals surface area contributed by atoms with Gasteiger partial charge in [0, 0.05) is 0 Å². The fraction of sp³-hybridized carbons (Fsp3) is 1.00. The van der Waals surface area contributed by atoms with E-state index in [4.69, 9.17) is 4.43 Å². The zero-order valence-corrected chi connectivity index (χ0v) is 19.0. The van der Waals surface area contributed by atoms with Crippen molar-refractivity contribution >= 4 is 8.32 Å². The van der Waals surface area contributed by atoms with E-state index in [1.807, 2.05) is 6.92 Å². The molecular formula is C22H42O2Si. The summed E-state index contributed by atoms with van der Waals surface area (Å²) in [6.45, 7) is 18.8. The monoisotopic (exact) mass is 366 g/mol. The molecule has 0 aromatic rings. The number of rotatable bonds is 4.